The lowest BCUT2D eigenvalue weighted by atomic mass is 10.2. The molecule has 0 bridgehead atoms. The second-order valence-corrected chi connectivity index (χ2v) is 4.31. The van der Waals surface area contributed by atoms with Crippen LogP contribution in [0.15, 0.2) is 16.6 Å². The van der Waals surface area contributed by atoms with E-state index in [0.29, 0.717) is 13.8 Å². The fraction of sp³-hybridized carbons (Fsp3) is 0.300. The van der Waals surface area contributed by atoms with Gasteiger partial charge in [0.2, 0.25) is 0 Å². The van der Waals surface area contributed by atoms with Crippen LogP contribution < -0.4 is 5.32 Å². The summed E-state index contributed by atoms with van der Waals surface area (Å²) >= 11 is 4.93. The highest BCUT2D eigenvalue weighted by Gasteiger charge is 2.09. The van der Waals surface area contributed by atoms with Crippen molar-refractivity contribution in [3.8, 4) is 0 Å². The van der Waals surface area contributed by atoms with Crippen LogP contribution >= 0.6 is 38.5 Å². The first-order chi connectivity index (χ1) is 7.06. The standard InChI is InChI=1S/C8H7BrFIN2.C2H6/c1-13-7-3-5(9)6(10)2-4(7)8(11)12;1-2/h2-3,12-13H,1H3;1-2H3. The molecule has 0 heterocycles. The maximum absolute atomic E-state index is 13.1. The molecule has 0 atom stereocenters. The van der Waals surface area contributed by atoms with Crippen LogP contribution in [0.5, 0.6) is 0 Å². The minimum Gasteiger partial charge on any atom is -0.388 e. The van der Waals surface area contributed by atoms with E-state index in [0.717, 1.165) is 5.69 Å². The minimum absolute atomic E-state index is 0.313. The molecule has 2 nitrogen and oxygen atoms in total. The third-order valence-corrected chi connectivity index (χ3v) is 2.76. The van der Waals surface area contributed by atoms with Crippen LogP contribution in [0.25, 0.3) is 0 Å². The first-order valence-electron chi connectivity index (χ1n) is 4.47. The van der Waals surface area contributed by atoms with Gasteiger partial charge in [-0.25, -0.2) is 4.39 Å². The van der Waals surface area contributed by atoms with Gasteiger partial charge in [-0.05, 0) is 50.7 Å². The van der Waals surface area contributed by atoms with Gasteiger partial charge in [-0.2, -0.15) is 0 Å². The van der Waals surface area contributed by atoms with Crippen molar-refractivity contribution in [3.05, 3.63) is 28.0 Å². The van der Waals surface area contributed by atoms with E-state index in [4.69, 9.17) is 5.41 Å². The van der Waals surface area contributed by atoms with Gasteiger partial charge in [0.15, 0.2) is 0 Å². The Kier molecular flexibility index (Phi) is 7.08. The molecule has 0 radical (unpaired) electrons. The van der Waals surface area contributed by atoms with E-state index < -0.39 is 0 Å². The predicted octanol–water partition coefficient (Wildman–Crippen LogP) is 4.42. The lowest BCUT2D eigenvalue weighted by Crippen LogP contribution is -1.99. The second kappa shape index (κ2) is 7.16. The second-order valence-electron chi connectivity index (χ2n) is 2.38. The summed E-state index contributed by atoms with van der Waals surface area (Å²) < 4.78 is 13.8. The van der Waals surface area contributed by atoms with Crippen LogP contribution in [0.3, 0.4) is 0 Å². The predicted molar refractivity (Wildman–Crippen MR) is 75.8 cm³/mol. The molecule has 0 saturated heterocycles. The molecule has 15 heavy (non-hydrogen) atoms. The number of rotatable bonds is 2. The number of anilines is 1. The molecule has 0 saturated carbocycles. The molecule has 1 rings (SSSR count). The van der Waals surface area contributed by atoms with Crippen LogP contribution in [0.2, 0.25) is 0 Å². The molecule has 84 valence electrons. The van der Waals surface area contributed by atoms with Crippen molar-refractivity contribution in [2.24, 2.45) is 0 Å². The average molecular weight is 387 g/mol. The summed E-state index contributed by atoms with van der Waals surface area (Å²) in [6.07, 6.45) is 0. The molecule has 5 heteroatoms. The van der Waals surface area contributed by atoms with Gasteiger partial charge in [-0.1, -0.05) is 13.8 Å². The number of nitrogens with one attached hydrogen (secondary N) is 2. The smallest absolute Gasteiger partial charge is 0.138 e. The molecule has 2 N–H and O–H groups in total. The van der Waals surface area contributed by atoms with Crippen molar-refractivity contribution >= 4 is 47.9 Å². The number of hydrogen-bond acceptors (Lipinski definition) is 2. The molecule has 0 aliphatic carbocycles. The normalized spacial score (nSPS) is 8.93. The summed E-state index contributed by atoms with van der Waals surface area (Å²) in [4.78, 5) is 0. The quantitative estimate of drug-likeness (QED) is 0.572. The summed E-state index contributed by atoms with van der Waals surface area (Å²) in [6.45, 7) is 4.00. The van der Waals surface area contributed by atoms with E-state index in [-0.39, 0.29) is 5.82 Å². The van der Waals surface area contributed by atoms with Crippen LogP contribution in [0, 0.1) is 11.2 Å². The van der Waals surface area contributed by atoms with Gasteiger partial charge < -0.3 is 5.32 Å². The Morgan fingerprint density at radius 2 is 2.00 bits per heavy atom. The van der Waals surface area contributed by atoms with E-state index in [9.17, 15) is 4.39 Å². The molecule has 0 fully saturated rings. The Bertz CT molecular complexity index is 356. The molecule has 0 amide bonds. The van der Waals surface area contributed by atoms with Gasteiger partial charge in [0, 0.05) is 18.3 Å². The summed E-state index contributed by atoms with van der Waals surface area (Å²) in [5, 5.41) is 10.3. The van der Waals surface area contributed by atoms with Crippen molar-refractivity contribution < 1.29 is 4.39 Å². The van der Waals surface area contributed by atoms with Crippen LogP contribution in [0.1, 0.15) is 19.4 Å². The fourth-order valence-electron chi connectivity index (χ4n) is 0.935. The van der Waals surface area contributed by atoms with Gasteiger partial charge >= 0.3 is 0 Å². The van der Waals surface area contributed by atoms with Crippen molar-refractivity contribution in [3.63, 3.8) is 0 Å². The molecule has 1 aromatic carbocycles. The molecular weight excluding hydrogens is 374 g/mol. The lowest BCUT2D eigenvalue weighted by molar-refractivity contribution is 0.621. The van der Waals surface area contributed by atoms with Crippen molar-refractivity contribution in [2.75, 3.05) is 12.4 Å². The molecule has 0 aliphatic heterocycles. The fourth-order valence-corrected chi connectivity index (χ4v) is 1.72. The SMILES string of the molecule is CC.CNc1cc(Br)c(F)cc1C(=N)I. The summed E-state index contributed by atoms with van der Waals surface area (Å²) in [6, 6.07) is 2.96. The molecule has 1 aromatic rings. The molecule has 0 unspecified atom stereocenters. The topological polar surface area (TPSA) is 35.9 Å². The highest BCUT2D eigenvalue weighted by Crippen LogP contribution is 2.26. The number of hydrogen-bond donors (Lipinski definition) is 2. The van der Waals surface area contributed by atoms with E-state index in [1.165, 1.54) is 6.07 Å². The number of halogens is 3. The third-order valence-electron chi connectivity index (χ3n) is 1.57. The zero-order chi connectivity index (χ0) is 12.0. The van der Waals surface area contributed by atoms with E-state index >= 15 is 0 Å². The Labute approximate surface area is 111 Å². The van der Waals surface area contributed by atoms with Crippen LogP contribution in [0.4, 0.5) is 10.1 Å². The van der Waals surface area contributed by atoms with Gasteiger partial charge in [-0.15, -0.1) is 0 Å². The Balaban J connectivity index is 0.000000921. The maximum atomic E-state index is 13.1. The number of benzene rings is 1. The van der Waals surface area contributed by atoms with Crippen molar-refractivity contribution in [1.82, 2.24) is 0 Å². The van der Waals surface area contributed by atoms with Crippen LogP contribution in [-0.4, -0.2) is 10.8 Å². The third kappa shape index (κ3) is 4.06. The van der Waals surface area contributed by atoms with Gasteiger partial charge in [-0.3, -0.25) is 5.41 Å². The minimum atomic E-state index is -0.351. The lowest BCUT2D eigenvalue weighted by Gasteiger charge is -2.07. The molecule has 0 spiro atoms. The van der Waals surface area contributed by atoms with Gasteiger partial charge in [0.25, 0.3) is 0 Å². The zero-order valence-electron chi connectivity index (χ0n) is 8.79. The van der Waals surface area contributed by atoms with E-state index in [1.807, 2.05) is 36.4 Å². The summed E-state index contributed by atoms with van der Waals surface area (Å²) in [7, 11) is 1.74. The van der Waals surface area contributed by atoms with E-state index in [2.05, 4.69) is 21.2 Å². The van der Waals surface area contributed by atoms with E-state index in [1.54, 1.807) is 13.1 Å². The molecular formula is C10H13BrFIN2. The van der Waals surface area contributed by atoms with Crippen molar-refractivity contribution in [1.29, 1.82) is 5.41 Å². The highest BCUT2D eigenvalue weighted by atomic mass is 127. The summed E-state index contributed by atoms with van der Waals surface area (Å²) in [5.74, 6) is -0.351. The first-order valence-corrected chi connectivity index (χ1v) is 6.34. The monoisotopic (exact) mass is 386 g/mol. The average Bonchev–Trinajstić information content (AvgIpc) is 2.24. The Morgan fingerprint density at radius 3 is 2.40 bits per heavy atom. The Hall–Kier alpha value is -0.170. The van der Waals surface area contributed by atoms with Gasteiger partial charge in [0.1, 0.15) is 9.54 Å². The van der Waals surface area contributed by atoms with Crippen molar-refractivity contribution in [2.45, 2.75) is 13.8 Å². The Morgan fingerprint density at radius 1 is 1.47 bits per heavy atom. The molecule has 0 aromatic heterocycles. The zero-order valence-corrected chi connectivity index (χ0v) is 12.5. The van der Waals surface area contributed by atoms with Gasteiger partial charge in [0.05, 0.1) is 4.47 Å². The first kappa shape index (κ1) is 14.8. The summed E-state index contributed by atoms with van der Waals surface area (Å²) in [5.41, 5.74) is 1.32. The highest BCUT2D eigenvalue weighted by molar-refractivity contribution is 14.1. The maximum Gasteiger partial charge on any atom is 0.138 e. The molecule has 0 aliphatic rings. The van der Waals surface area contributed by atoms with Crippen LogP contribution in [-0.2, 0) is 0 Å². The largest absolute Gasteiger partial charge is 0.388 e.